The zero-order valence-corrected chi connectivity index (χ0v) is 14.1. The van der Waals surface area contributed by atoms with Crippen molar-refractivity contribution in [3.8, 4) is 0 Å². The van der Waals surface area contributed by atoms with E-state index >= 15 is 0 Å². The molecule has 0 unspecified atom stereocenters. The van der Waals surface area contributed by atoms with Crippen molar-refractivity contribution in [3.05, 3.63) is 35.9 Å². The van der Waals surface area contributed by atoms with Crippen LogP contribution in [-0.4, -0.2) is 23.9 Å². The van der Waals surface area contributed by atoms with Gasteiger partial charge >= 0.3 is 0 Å². The van der Waals surface area contributed by atoms with Crippen molar-refractivity contribution in [2.75, 3.05) is 6.54 Å². The third-order valence-electron chi connectivity index (χ3n) is 6.12. The summed E-state index contributed by atoms with van der Waals surface area (Å²) in [5, 5.41) is 6.19. The van der Waals surface area contributed by atoms with Gasteiger partial charge in [-0.3, -0.25) is 9.59 Å². The lowest BCUT2D eigenvalue weighted by Gasteiger charge is -2.56. The number of carbonyl (C=O) groups excluding carboxylic acids is 2. The molecular formula is C20H26N2O2. The van der Waals surface area contributed by atoms with Gasteiger partial charge in [-0.1, -0.05) is 18.2 Å². The van der Waals surface area contributed by atoms with E-state index in [0.29, 0.717) is 18.5 Å². The van der Waals surface area contributed by atoms with Crippen molar-refractivity contribution in [3.63, 3.8) is 0 Å². The lowest BCUT2D eigenvalue weighted by Crippen LogP contribution is -2.60. The Labute approximate surface area is 143 Å². The first-order valence-corrected chi connectivity index (χ1v) is 9.26. The first-order chi connectivity index (χ1) is 11.6. The average Bonchev–Trinajstić information content (AvgIpc) is 2.53. The first-order valence-electron chi connectivity index (χ1n) is 9.26. The van der Waals surface area contributed by atoms with E-state index in [1.807, 2.05) is 18.2 Å². The molecule has 0 saturated heterocycles. The summed E-state index contributed by atoms with van der Waals surface area (Å²) in [6.07, 6.45) is 8.00. The Balaban J connectivity index is 1.26. The van der Waals surface area contributed by atoms with Crippen LogP contribution in [0.25, 0.3) is 0 Å². The minimum atomic E-state index is -0.113. The zero-order valence-electron chi connectivity index (χ0n) is 14.1. The Morgan fingerprint density at radius 3 is 2.12 bits per heavy atom. The molecule has 4 heteroatoms. The molecule has 4 saturated carbocycles. The molecule has 0 radical (unpaired) electrons. The topological polar surface area (TPSA) is 58.2 Å². The van der Waals surface area contributed by atoms with Gasteiger partial charge in [-0.2, -0.15) is 0 Å². The van der Waals surface area contributed by atoms with Crippen molar-refractivity contribution in [2.24, 2.45) is 17.8 Å². The number of amides is 2. The fourth-order valence-electron chi connectivity index (χ4n) is 5.60. The van der Waals surface area contributed by atoms with E-state index in [9.17, 15) is 9.59 Å². The van der Waals surface area contributed by atoms with E-state index < -0.39 is 0 Å². The van der Waals surface area contributed by atoms with Crippen molar-refractivity contribution in [1.82, 2.24) is 10.6 Å². The number of benzene rings is 1. The van der Waals surface area contributed by atoms with Crippen molar-refractivity contribution in [2.45, 2.75) is 50.5 Å². The van der Waals surface area contributed by atoms with Gasteiger partial charge in [-0.25, -0.2) is 0 Å². The van der Waals surface area contributed by atoms with Crippen molar-refractivity contribution in [1.29, 1.82) is 0 Å². The second-order valence-corrected chi connectivity index (χ2v) is 8.12. The van der Waals surface area contributed by atoms with Gasteiger partial charge in [0.05, 0.1) is 0 Å². The number of hydrogen-bond acceptors (Lipinski definition) is 2. The molecule has 0 heterocycles. The monoisotopic (exact) mass is 326 g/mol. The standard InChI is InChI=1S/C20H26N2O2/c23-18(6-7-21-19(24)17-4-2-1-3-5-17)22-20-11-14-8-15(12-20)10-16(9-14)13-20/h1-5,14-16H,6-13H2,(H,21,24)(H,22,23). The molecule has 24 heavy (non-hydrogen) atoms. The van der Waals surface area contributed by atoms with Gasteiger partial charge in [0.15, 0.2) is 0 Å². The molecule has 2 N–H and O–H groups in total. The van der Waals surface area contributed by atoms with Crippen LogP contribution in [0, 0.1) is 17.8 Å². The molecule has 4 nitrogen and oxygen atoms in total. The zero-order chi connectivity index (χ0) is 16.6. The van der Waals surface area contributed by atoms with E-state index in [-0.39, 0.29) is 17.4 Å². The SMILES string of the molecule is O=C(CCNC(=O)c1ccccc1)NC12CC3CC(CC(C3)C1)C2. The van der Waals surface area contributed by atoms with Gasteiger partial charge in [0, 0.05) is 24.1 Å². The summed E-state index contributed by atoms with van der Waals surface area (Å²) < 4.78 is 0. The van der Waals surface area contributed by atoms with Gasteiger partial charge < -0.3 is 10.6 Å². The van der Waals surface area contributed by atoms with E-state index in [1.165, 1.54) is 38.5 Å². The maximum Gasteiger partial charge on any atom is 0.251 e. The summed E-state index contributed by atoms with van der Waals surface area (Å²) in [4.78, 5) is 24.4. The molecule has 0 atom stereocenters. The Morgan fingerprint density at radius 2 is 1.54 bits per heavy atom. The molecule has 4 aliphatic rings. The fourth-order valence-corrected chi connectivity index (χ4v) is 5.60. The molecule has 0 spiro atoms. The van der Waals surface area contributed by atoms with Crippen LogP contribution in [0.1, 0.15) is 55.3 Å². The van der Waals surface area contributed by atoms with Crippen LogP contribution in [0.3, 0.4) is 0 Å². The predicted octanol–water partition coefficient (Wildman–Crippen LogP) is 2.89. The van der Waals surface area contributed by atoms with E-state index in [0.717, 1.165) is 17.8 Å². The highest BCUT2D eigenvalue weighted by atomic mass is 16.2. The van der Waals surface area contributed by atoms with Gasteiger partial charge in [-0.15, -0.1) is 0 Å². The average molecular weight is 326 g/mol. The highest BCUT2D eigenvalue weighted by Crippen LogP contribution is 2.55. The van der Waals surface area contributed by atoms with Crippen molar-refractivity contribution >= 4 is 11.8 Å². The summed E-state index contributed by atoms with van der Waals surface area (Å²) in [6, 6.07) is 9.13. The predicted molar refractivity (Wildman–Crippen MR) is 92.4 cm³/mol. The Hall–Kier alpha value is -1.84. The molecule has 0 aliphatic heterocycles. The molecule has 1 aromatic carbocycles. The quantitative estimate of drug-likeness (QED) is 0.874. The lowest BCUT2D eigenvalue weighted by atomic mass is 9.53. The fraction of sp³-hybridized carbons (Fsp3) is 0.600. The van der Waals surface area contributed by atoms with Crippen LogP contribution in [0.2, 0.25) is 0 Å². The molecule has 4 fully saturated rings. The van der Waals surface area contributed by atoms with E-state index in [4.69, 9.17) is 0 Å². The Kier molecular flexibility index (Phi) is 4.07. The molecule has 0 aromatic heterocycles. The van der Waals surface area contributed by atoms with Crippen LogP contribution in [0.5, 0.6) is 0 Å². The number of hydrogen-bond donors (Lipinski definition) is 2. The largest absolute Gasteiger partial charge is 0.352 e. The summed E-state index contributed by atoms with van der Waals surface area (Å²) in [7, 11) is 0. The molecule has 128 valence electrons. The minimum Gasteiger partial charge on any atom is -0.352 e. The van der Waals surface area contributed by atoms with Crippen LogP contribution in [0.15, 0.2) is 30.3 Å². The summed E-state index contributed by atoms with van der Waals surface area (Å²) in [5.41, 5.74) is 0.703. The van der Waals surface area contributed by atoms with Gasteiger partial charge in [0.2, 0.25) is 5.91 Å². The molecule has 1 aromatic rings. The van der Waals surface area contributed by atoms with Crippen molar-refractivity contribution < 1.29 is 9.59 Å². The molecule has 4 bridgehead atoms. The second-order valence-electron chi connectivity index (χ2n) is 8.12. The van der Waals surface area contributed by atoms with Crippen LogP contribution in [0.4, 0.5) is 0 Å². The number of rotatable bonds is 5. The summed E-state index contributed by atoms with van der Waals surface area (Å²) in [5.74, 6) is 2.46. The van der Waals surface area contributed by atoms with E-state index in [2.05, 4.69) is 10.6 Å². The first kappa shape index (κ1) is 15.7. The Morgan fingerprint density at radius 1 is 0.958 bits per heavy atom. The summed E-state index contributed by atoms with van der Waals surface area (Å²) in [6.45, 7) is 0.395. The second kappa shape index (κ2) is 6.23. The molecule has 4 aliphatic carbocycles. The normalized spacial score (nSPS) is 33.2. The minimum absolute atomic E-state index is 0.0648. The lowest BCUT2D eigenvalue weighted by molar-refractivity contribution is -0.126. The number of carbonyl (C=O) groups is 2. The van der Waals surface area contributed by atoms with Crippen LogP contribution in [-0.2, 0) is 4.79 Å². The number of nitrogens with one attached hydrogen (secondary N) is 2. The van der Waals surface area contributed by atoms with Gasteiger partial charge in [0.25, 0.3) is 5.91 Å². The molecule has 5 rings (SSSR count). The molecule has 2 amide bonds. The third-order valence-corrected chi connectivity index (χ3v) is 6.12. The third kappa shape index (κ3) is 3.19. The summed E-state index contributed by atoms with van der Waals surface area (Å²) >= 11 is 0. The van der Waals surface area contributed by atoms with E-state index in [1.54, 1.807) is 12.1 Å². The maximum absolute atomic E-state index is 12.4. The van der Waals surface area contributed by atoms with Crippen LogP contribution < -0.4 is 10.6 Å². The molecular weight excluding hydrogens is 300 g/mol. The highest BCUT2D eigenvalue weighted by Gasteiger charge is 2.51. The smallest absolute Gasteiger partial charge is 0.251 e. The van der Waals surface area contributed by atoms with Crippen LogP contribution >= 0.6 is 0 Å². The highest BCUT2D eigenvalue weighted by molar-refractivity contribution is 5.94. The van der Waals surface area contributed by atoms with Gasteiger partial charge in [-0.05, 0) is 68.4 Å². The maximum atomic E-state index is 12.4. The Bertz CT molecular complexity index is 591. The van der Waals surface area contributed by atoms with Gasteiger partial charge in [0.1, 0.15) is 0 Å².